The Bertz CT molecular complexity index is 353. The second-order valence-electron chi connectivity index (χ2n) is 3.20. The molecule has 4 nitrogen and oxygen atoms in total. The smallest absolute Gasteiger partial charge is 0.120 e. The van der Waals surface area contributed by atoms with Crippen molar-refractivity contribution in [2.75, 3.05) is 0 Å². The van der Waals surface area contributed by atoms with E-state index in [1.54, 1.807) is 12.5 Å². The van der Waals surface area contributed by atoms with Gasteiger partial charge in [0, 0.05) is 18.4 Å². The predicted octanol–water partition coefficient (Wildman–Crippen LogP) is 1.85. The monoisotopic (exact) mass is 191 g/mol. The van der Waals surface area contributed by atoms with E-state index >= 15 is 0 Å². The molecule has 4 heteroatoms. The Morgan fingerprint density at radius 1 is 1.57 bits per heavy atom. The van der Waals surface area contributed by atoms with E-state index < -0.39 is 0 Å². The highest BCUT2D eigenvalue weighted by atomic mass is 16.3. The molecule has 2 N–H and O–H groups in total. The van der Waals surface area contributed by atoms with Gasteiger partial charge in [-0.1, -0.05) is 0 Å². The van der Waals surface area contributed by atoms with Gasteiger partial charge in [0.15, 0.2) is 0 Å². The van der Waals surface area contributed by atoms with Crippen molar-refractivity contribution in [1.29, 1.82) is 0 Å². The molecule has 74 valence electrons. The highest BCUT2D eigenvalue weighted by molar-refractivity contribution is 5.04. The average Bonchev–Trinajstić information content (AvgIpc) is 2.87. The normalized spacial score (nSPS) is 12.9. The lowest BCUT2D eigenvalue weighted by molar-refractivity contribution is 0.428. The first-order valence-electron chi connectivity index (χ1n) is 4.61. The van der Waals surface area contributed by atoms with Crippen LogP contribution in [-0.2, 0) is 6.54 Å². The summed E-state index contributed by atoms with van der Waals surface area (Å²) in [6, 6.07) is 6.02. The number of aromatic amines is 1. The van der Waals surface area contributed by atoms with Crippen molar-refractivity contribution in [1.82, 2.24) is 15.5 Å². The van der Waals surface area contributed by atoms with Crippen LogP contribution >= 0.6 is 0 Å². The fourth-order valence-electron chi connectivity index (χ4n) is 1.28. The van der Waals surface area contributed by atoms with Gasteiger partial charge >= 0.3 is 0 Å². The second kappa shape index (κ2) is 4.11. The van der Waals surface area contributed by atoms with E-state index in [1.165, 1.54) is 0 Å². The summed E-state index contributed by atoms with van der Waals surface area (Å²) in [5, 5.41) is 10.1. The Hall–Kier alpha value is -1.55. The molecule has 0 fully saturated rings. The van der Waals surface area contributed by atoms with Crippen LogP contribution in [0.25, 0.3) is 0 Å². The lowest BCUT2D eigenvalue weighted by Gasteiger charge is -2.09. The Morgan fingerprint density at radius 2 is 2.50 bits per heavy atom. The van der Waals surface area contributed by atoms with E-state index in [0.29, 0.717) is 0 Å². The molecular weight excluding hydrogens is 178 g/mol. The average molecular weight is 191 g/mol. The summed E-state index contributed by atoms with van der Waals surface area (Å²) in [6.45, 7) is 2.83. The van der Waals surface area contributed by atoms with Gasteiger partial charge in [0.1, 0.15) is 5.76 Å². The summed E-state index contributed by atoms with van der Waals surface area (Å²) in [4.78, 5) is 0. The lowest BCUT2D eigenvalue weighted by Crippen LogP contribution is -2.17. The molecule has 0 bridgehead atoms. The first-order valence-corrected chi connectivity index (χ1v) is 4.61. The maximum atomic E-state index is 5.28. The van der Waals surface area contributed by atoms with E-state index in [9.17, 15) is 0 Å². The summed E-state index contributed by atoms with van der Waals surface area (Å²) in [7, 11) is 0. The van der Waals surface area contributed by atoms with Crippen LogP contribution in [0.1, 0.15) is 24.4 Å². The summed E-state index contributed by atoms with van der Waals surface area (Å²) < 4.78 is 5.28. The van der Waals surface area contributed by atoms with Gasteiger partial charge in [0.05, 0.1) is 12.3 Å². The standard InChI is InChI=1S/C10H13N3O/c1-8(10-3-2-6-14-10)11-7-9-4-5-12-13-9/h2-6,8,11H,7H2,1H3,(H,12,13). The molecule has 2 aromatic rings. The topological polar surface area (TPSA) is 53.9 Å². The highest BCUT2D eigenvalue weighted by Crippen LogP contribution is 2.12. The van der Waals surface area contributed by atoms with Crippen molar-refractivity contribution in [3.05, 3.63) is 42.1 Å². The van der Waals surface area contributed by atoms with Crippen LogP contribution in [0.5, 0.6) is 0 Å². The third-order valence-corrected chi connectivity index (χ3v) is 2.13. The number of nitrogens with zero attached hydrogens (tertiary/aromatic N) is 1. The van der Waals surface area contributed by atoms with Crippen LogP contribution in [0.3, 0.4) is 0 Å². The van der Waals surface area contributed by atoms with Crippen molar-refractivity contribution in [2.24, 2.45) is 0 Å². The van der Waals surface area contributed by atoms with Gasteiger partial charge in [-0.15, -0.1) is 0 Å². The number of hydrogen-bond donors (Lipinski definition) is 2. The molecule has 1 atom stereocenters. The van der Waals surface area contributed by atoms with E-state index in [1.807, 2.05) is 18.2 Å². The van der Waals surface area contributed by atoms with Crippen molar-refractivity contribution >= 4 is 0 Å². The SMILES string of the molecule is CC(NCc1ccn[nH]1)c1ccco1. The van der Waals surface area contributed by atoms with Crippen molar-refractivity contribution in [3.63, 3.8) is 0 Å². The molecule has 0 aliphatic carbocycles. The van der Waals surface area contributed by atoms with Crippen molar-refractivity contribution < 1.29 is 4.42 Å². The van der Waals surface area contributed by atoms with Gasteiger partial charge < -0.3 is 9.73 Å². The molecule has 1 unspecified atom stereocenters. The minimum atomic E-state index is 0.216. The molecule has 0 aliphatic heterocycles. The molecular formula is C10H13N3O. The number of rotatable bonds is 4. The lowest BCUT2D eigenvalue weighted by atomic mass is 10.2. The van der Waals surface area contributed by atoms with Crippen LogP contribution in [-0.4, -0.2) is 10.2 Å². The third-order valence-electron chi connectivity index (χ3n) is 2.13. The highest BCUT2D eigenvalue weighted by Gasteiger charge is 2.06. The minimum absolute atomic E-state index is 0.216. The molecule has 2 rings (SSSR count). The van der Waals surface area contributed by atoms with E-state index in [2.05, 4.69) is 22.4 Å². The number of H-pyrrole nitrogens is 1. The first kappa shape index (κ1) is 9.02. The number of aromatic nitrogens is 2. The Balaban J connectivity index is 1.87. The minimum Gasteiger partial charge on any atom is -0.468 e. The Labute approximate surface area is 82.3 Å². The molecule has 2 aromatic heterocycles. The van der Waals surface area contributed by atoms with Gasteiger partial charge in [0.2, 0.25) is 0 Å². The van der Waals surface area contributed by atoms with Crippen LogP contribution in [0.4, 0.5) is 0 Å². The van der Waals surface area contributed by atoms with Crippen molar-refractivity contribution in [3.8, 4) is 0 Å². The van der Waals surface area contributed by atoms with Gasteiger partial charge in [-0.05, 0) is 25.1 Å². The van der Waals surface area contributed by atoms with Gasteiger partial charge in [0.25, 0.3) is 0 Å². The zero-order valence-corrected chi connectivity index (χ0v) is 8.03. The predicted molar refractivity (Wildman–Crippen MR) is 52.6 cm³/mol. The molecule has 0 saturated heterocycles. The molecule has 2 heterocycles. The molecule has 0 amide bonds. The van der Waals surface area contributed by atoms with Gasteiger partial charge in [-0.25, -0.2) is 0 Å². The number of furan rings is 1. The molecule has 0 aliphatic rings. The molecule has 0 aromatic carbocycles. The molecule has 14 heavy (non-hydrogen) atoms. The molecule has 0 saturated carbocycles. The number of nitrogens with one attached hydrogen (secondary N) is 2. The first-order chi connectivity index (χ1) is 6.86. The molecule has 0 spiro atoms. The fourth-order valence-corrected chi connectivity index (χ4v) is 1.28. The summed E-state index contributed by atoms with van der Waals surface area (Å²) in [5.74, 6) is 0.949. The summed E-state index contributed by atoms with van der Waals surface area (Å²) in [5.41, 5.74) is 1.07. The van der Waals surface area contributed by atoms with Crippen LogP contribution in [0.2, 0.25) is 0 Å². The Morgan fingerprint density at radius 3 is 3.14 bits per heavy atom. The summed E-state index contributed by atoms with van der Waals surface area (Å²) >= 11 is 0. The quantitative estimate of drug-likeness (QED) is 0.775. The van der Waals surface area contributed by atoms with Crippen LogP contribution < -0.4 is 5.32 Å². The zero-order chi connectivity index (χ0) is 9.80. The number of hydrogen-bond acceptors (Lipinski definition) is 3. The largest absolute Gasteiger partial charge is 0.468 e. The molecule has 0 radical (unpaired) electrons. The zero-order valence-electron chi connectivity index (χ0n) is 8.03. The fraction of sp³-hybridized carbons (Fsp3) is 0.300. The Kier molecular flexibility index (Phi) is 2.65. The maximum absolute atomic E-state index is 5.28. The van der Waals surface area contributed by atoms with E-state index in [-0.39, 0.29) is 6.04 Å². The van der Waals surface area contributed by atoms with E-state index in [0.717, 1.165) is 18.0 Å². The van der Waals surface area contributed by atoms with Crippen molar-refractivity contribution in [2.45, 2.75) is 19.5 Å². The van der Waals surface area contributed by atoms with Crippen LogP contribution in [0, 0.1) is 0 Å². The summed E-state index contributed by atoms with van der Waals surface area (Å²) in [6.07, 6.45) is 3.43. The third kappa shape index (κ3) is 2.03. The van der Waals surface area contributed by atoms with E-state index in [4.69, 9.17) is 4.42 Å². The van der Waals surface area contributed by atoms with Crippen LogP contribution in [0.15, 0.2) is 35.1 Å². The maximum Gasteiger partial charge on any atom is 0.120 e. The van der Waals surface area contributed by atoms with Gasteiger partial charge in [-0.2, -0.15) is 5.10 Å². The van der Waals surface area contributed by atoms with Gasteiger partial charge in [-0.3, -0.25) is 5.10 Å². The second-order valence-corrected chi connectivity index (χ2v) is 3.20.